The molecule has 0 N–H and O–H groups in total. The molecule has 0 aliphatic carbocycles. The highest BCUT2D eigenvalue weighted by Crippen LogP contribution is 2.24. The molecule has 0 radical (unpaired) electrons. The number of carbonyl (C=O) groups is 1. The van der Waals surface area contributed by atoms with Gasteiger partial charge in [-0.25, -0.2) is 9.36 Å². The molecule has 7 heteroatoms. The minimum absolute atomic E-state index is 0.0407. The lowest BCUT2D eigenvalue weighted by molar-refractivity contribution is -0.135. The van der Waals surface area contributed by atoms with E-state index >= 15 is 0 Å². The highest BCUT2D eigenvalue weighted by molar-refractivity contribution is 5.83. The molecular weight excluding hydrogens is 378 g/mol. The summed E-state index contributed by atoms with van der Waals surface area (Å²) in [4.78, 5) is 28.2. The first-order chi connectivity index (χ1) is 14.1. The molecule has 3 aromatic rings. The van der Waals surface area contributed by atoms with Crippen molar-refractivity contribution in [3.63, 3.8) is 0 Å². The second kappa shape index (κ2) is 8.42. The maximum atomic E-state index is 13.4. The molecule has 1 aromatic carbocycles. The fraction of sp³-hybridized carbons (Fsp3) is 0.478. The molecule has 160 valence electrons. The third-order valence-electron chi connectivity index (χ3n) is 5.29. The van der Waals surface area contributed by atoms with Crippen LogP contribution in [0.1, 0.15) is 58.7 Å². The normalized spacial score (nSPS) is 11.8. The summed E-state index contributed by atoms with van der Waals surface area (Å²) in [5.41, 5.74) is 2.76. The van der Waals surface area contributed by atoms with Crippen LogP contribution in [0.3, 0.4) is 0 Å². The molecule has 0 aliphatic rings. The van der Waals surface area contributed by atoms with Gasteiger partial charge in [0.25, 0.3) is 5.56 Å². The number of hydrogen-bond donors (Lipinski definition) is 0. The molecule has 7 nitrogen and oxygen atoms in total. The van der Waals surface area contributed by atoms with Crippen LogP contribution < -0.4 is 5.56 Å². The second-order valence-electron chi connectivity index (χ2n) is 8.60. The van der Waals surface area contributed by atoms with Crippen LogP contribution in [0.2, 0.25) is 0 Å². The van der Waals surface area contributed by atoms with Crippen LogP contribution in [0.15, 0.2) is 35.3 Å². The Morgan fingerprint density at radius 1 is 1.07 bits per heavy atom. The Balaban J connectivity index is 2.20. The summed E-state index contributed by atoms with van der Waals surface area (Å²) in [6.45, 7) is 13.8. The molecule has 0 unspecified atom stereocenters. The van der Waals surface area contributed by atoms with Gasteiger partial charge in [-0.05, 0) is 52.2 Å². The third kappa shape index (κ3) is 3.88. The molecule has 2 heterocycles. The van der Waals surface area contributed by atoms with Gasteiger partial charge in [0.05, 0.1) is 17.6 Å². The monoisotopic (exact) mass is 409 g/mol. The summed E-state index contributed by atoms with van der Waals surface area (Å²) >= 11 is 0. The fourth-order valence-electron chi connectivity index (χ4n) is 3.99. The lowest BCUT2D eigenvalue weighted by atomic mass is 10.1. The molecule has 0 aliphatic heterocycles. The van der Waals surface area contributed by atoms with Crippen molar-refractivity contribution in [2.45, 2.75) is 73.0 Å². The molecule has 0 fully saturated rings. The number of hydrogen-bond acceptors (Lipinski definition) is 4. The van der Waals surface area contributed by atoms with Crippen molar-refractivity contribution in [2.75, 3.05) is 0 Å². The summed E-state index contributed by atoms with van der Waals surface area (Å²) in [6, 6.07) is 7.88. The number of fused-ring (bicyclic) bond motifs is 1. The number of rotatable bonds is 6. The predicted molar refractivity (Wildman–Crippen MR) is 119 cm³/mol. The minimum Gasteiger partial charge on any atom is -0.336 e. The Bertz CT molecular complexity index is 1120. The van der Waals surface area contributed by atoms with E-state index in [1.807, 2.05) is 72.7 Å². The molecule has 1 amide bonds. The van der Waals surface area contributed by atoms with Gasteiger partial charge < -0.3 is 4.90 Å². The average Bonchev–Trinajstić information content (AvgIpc) is 3.08. The largest absolute Gasteiger partial charge is 0.336 e. The van der Waals surface area contributed by atoms with Crippen LogP contribution >= 0.6 is 0 Å². The number of para-hydroxylation sites is 1. The van der Waals surface area contributed by atoms with Crippen LogP contribution in [-0.4, -0.2) is 42.5 Å². The Morgan fingerprint density at radius 3 is 2.27 bits per heavy atom. The number of aromatic nitrogens is 4. The zero-order valence-corrected chi connectivity index (χ0v) is 18.9. The zero-order chi connectivity index (χ0) is 22.2. The van der Waals surface area contributed by atoms with E-state index in [0.29, 0.717) is 5.52 Å². The van der Waals surface area contributed by atoms with Gasteiger partial charge in [-0.15, -0.1) is 0 Å². The Kier molecular flexibility index (Phi) is 6.10. The topological polar surface area (TPSA) is 73.0 Å². The lowest BCUT2D eigenvalue weighted by Crippen LogP contribution is -2.45. The van der Waals surface area contributed by atoms with E-state index in [4.69, 9.17) is 0 Å². The first kappa shape index (κ1) is 21.7. The zero-order valence-electron chi connectivity index (χ0n) is 18.9. The highest BCUT2D eigenvalue weighted by atomic mass is 16.2. The average molecular weight is 410 g/mol. The van der Waals surface area contributed by atoms with Crippen LogP contribution in [0.25, 0.3) is 16.6 Å². The number of aryl methyl sites for hydroxylation is 1. The Labute approximate surface area is 177 Å². The van der Waals surface area contributed by atoms with Crippen LogP contribution in [0.4, 0.5) is 0 Å². The van der Waals surface area contributed by atoms with E-state index < -0.39 is 0 Å². The minimum atomic E-state index is -0.309. The van der Waals surface area contributed by atoms with Crippen molar-refractivity contribution in [1.82, 2.24) is 24.5 Å². The van der Waals surface area contributed by atoms with E-state index in [1.165, 1.54) is 4.68 Å². The van der Waals surface area contributed by atoms with Gasteiger partial charge in [0.1, 0.15) is 12.1 Å². The lowest BCUT2D eigenvalue weighted by Gasteiger charge is -2.30. The maximum absolute atomic E-state index is 13.4. The SMILES string of the molecule is Cc1ccccc1-n1ncc2c(C(C)C)nn(CC(=O)N(C(C)C)C(C)C)c(=O)c21. The summed E-state index contributed by atoms with van der Waals surface area (Å²) < 4.78 is 2.97. The number of amides is 1. The van der Waals surface area contributed by atoms with E-state index in [-0.39, 0.29) is 36.0 Å². The fourth-order valence-corrected chi connectivity index (χ4v) is 3.99. The van der Waals surface area contributed by atoms with Gasteiger partial charge in [0.2, 0.25) is 5.91 Å². The van der Waals surface area contributed by atoms with Gasteiger partial charge >= 0.3 is 0 Å². The van der Waals surface area contributed by atoms with Crippen molar-refractivity contribution in [1.29, 1.82) is 0 Å². The van der Waals surface area contributed by atoms with Crippen molar-refractivity contribution < 1.29 is 4.79 Å². The maximum Gasteiger partial charge on any atom is 0.293 e. The van der Waals surface area contributed by atoms with E-state index in [9.17, 15) is 9.59 Å². The molecule has 0 spiro atoms. The standard InChI is InChI=1S/C23H31N5O2/c1-14(2)21-18-12-24-28(19-11-9-8-10-17(19)7)22(18)23(30)26(25-21)13-20(29)27(15(3)4)16(5)6/h8-12,14-16H,13H2,1-7H3. The van der Waals surface area contributed by atoms with Gasteiger partial charge in [-0.3, -0.25) is 9.59 Å². The number of benzene rings is 1. The van der Waals surface area contributed by atoms with Crippen molar-refractivity contribution >= 4 is 16.8 Å². The predicted octanol–water partition coefficient (Wildman–Crippen LogP) is 3.66. The Hall–Kier alpha value is -2.96. The van der Waals surface area contributed by atoms with E-state index in [0.717, 1.165) is 22.3 Å². The molecular formula is C23H31N5O2. The molecule has 0 bridgehead atoms. The van der Waals surface area contributed by atoms with Crippen LogP contribution in [-0.2, 0) is 11.3 Å². The second-order valence-corrected chi connectivity index (χ2v) is 8.60. The summed E-state index contributed by atoms with van der Waals surface area (Å²) in [5.74, 6) is -0.0408. The number of nitrogens with zero attached hydrogens (tertiary/aromatic N) is 5. The highest BCUT2D eigenvalue weighted by Gasteiger charge is 2.24. The van der Waals surface area contributed by atoms with E-state index in [1.54, 1.807) is 15.8 Å². The molecule has 0 saturated heterocycles. The number of carbonyl (C=O) groups excluding carboxylic acids is 1. The van der Waals surface area contributed by atoms with Gasteiger partial charge in [0, 0.05) is 17.5 Å². The van der Waals surface area contributed by atoms with Crippen molar-refractivity contribution in [3.8, 4) is 5.69 Å². The first-order valence-corrected chi connectivity index (χ1v) is 10.5. The van der Waals surface area contributed by atoms with Gasteiger partial charge in [0.15, 0.2) is 0 Å². The summed E-state index contributed by atoms with van der Waals surface area (Å²) in [7, 11) is 0. The van der Waals surface area contributed by atoms with Crippen LogP contribution in [0.5, 0.6) is 0 Å². The smallest absolute Gasteiger partial charge is 0.293 e. The Morgan fingerprint density at radius 2 is 1.70 bits per heavy atom. The molecule has 3 rings (SSSR count). The molecule has 0 atom stereocenters. The summed E-state index contributed by atoms with van der Waals surface area (Å²) in [6.07, 6.45) is 1.70. The van der Waals surface area contributed by atoms with E-state index in [2.05, 4.69) is 10.2 Å². The molecule has 2 aromatic heterocycles. The van der Waals surface area contributed by atoms with Gasteiger partial charge in [-0.1, -0.05) is 32.0 Å². The van der Waals surface area contributed by atoms with Crippen molar-refractivity contribution in [2.24, 2.45) is 0 Å². The third-order valence-corrected chi connectivity index (χ3v) is 5.29. The van der Waals surface area contributed by atoms with Crippen LogP contribution in [0, 0.1) is 6.92 Å². The quantitative estimate of drug-likeness (QED) is 0.623. The molecule has 0 saturated carbocycles. The molecule has 30 heavy (non-hydrogen) atoms. The summed E-state index contributed by atoms with van der Waals surface area (Å²) in [5, 5.41) is 9.81. The first-order valence-electron chi connectivity index (χ1n) is 10.5. The van der Waals surface area contributed by atoms with Gasteiger partial charge in [-0.2, -0.15) is 10.2 Å². The van der Waals surface area contributed by atoms with Crippen molar-refractivity contribution in [3.05, 3.63) is 52.1 Å².